The SMILES string of the molecule is CCc1ccc(Cl)c(CC)c1NC(=O)CN1C(=O)[C@H]2CCCC[C@@H]2C1=O. The zero-order valence-corrected chi connectivity index (χ0v) is 16.1. The van der Waals surface area contributed by atoms with Crippen LogP contribution in [0.15, 0.2) is 12.1 Å². The molecule has 1 aromatic rings. The van der Waals surface area contributed by atoms with Crippen LogP contribution in [0.2, 0.25) is 5.02 Å². The maximum atomic E-state index is 12.6. The van der Waals surface area contributed by atoms with Crippen molar-refractivity contribution in [2.75, 3.05) is 11.9 Å². The van der Waals surface area contributed by atoms with Crippen molar-refractivity contribution in [2.45, 2.75) is 52.4 Å². The summed E-state index contributed by atoms with van der Waals surface area (Å²) in [6.07, 6.45) is 4.90. The molecule has 1 aliphatic carbocycles. The largest absolute Gasteiger partial charge is 0.324 e. The van der Waals surface area contributed by atoms with E-state index in [1.165, 1.54) is 0 Å². The molecule has 0 radical (unpaired) electrons. The summed E-state index contributed by atoms with van der Waals surface area (Å²) in [5.74, 6) is -1.18. The summed E-state index contributed by atoms with van der Waals surface area (Å²) in [6, 6.07) is 3.74. The number of fused-ring (bicyclic) bond motifs is 1. The maximum Gasteiger partial charge on any atom is 0.244 e. The van der Waals surface area contributed by atoms with Crippen LogP contribution in [0, 0.1) is 11.8 Å². The van der Waals surface area contributed by atoms with Crippen molar-refractivity contribution >= 4 is 35.0 Å². The van der Waals surface area contributed by atoms with Gasteiger partial charge in [-0.3, -0.25) is 19.3 Å². The molecule has 1 aliphatic heterocycles. The third-order valence-corrected chi connectivity index (χ3v) is 5.93. The van der Waals surface area contributed by atoms with Gasteiger partial charge in [0.1, 0.15) is 6.54 Å². The molecule has 1 saturated carbocycles. The second kappa shape index (κ2) is 7.78. The van der Waals surface area contributed by atoms with Crippen molar-refractivity contribution in [3.8, 4) is 0 Å². The number of imide groups is 1. The van der Waals surface area contributed by atoms with E-state index >= 15 is 0 Å². The molecule has 0 unspecified atom stereocenters. The lowest BCUT2D eigenvalue weighted by Crippen LogP contribution is -2.38. The quantitative estimate of drug-likeness (QED) is 0.799. The number of halogens is 1. The summed E-state index contributed by atoms with van der Waals surface area (Å²) >= 11 is 6.27. The molecular formula is C20H25ClN2O3. The van der Waals surface area contributed by atoms with Crippen molar-refractivity contribution < 1.29 is 14.4 Å². The number of amides is 3. The first kappa shape index (κ1) is 18.9. The molecule has 5 nitrogen and oxygen atoms in total. The smallest absolute Gasteiger partial charge is 0.244 e. The van der Waals surface area contributed by atoms with E-state index in [0.717, 1.165) is 48.1 Å². The first-order valence-corrected chi connectivity index (χ1v) is 9.81. The number of aryl methyl sites for hydroxylation is 1. The average molecular weight is 377 g/mol. The van der Waals surface area contributed by atoms with Crippen LogP contribution in [0.3, 0.4) is 0 Å². The number of carbonyl (C=O) groups is 3. The number of likely N-dealkylation sites (tertiary alicyclic amines) is 1. The molecule has 3 amide bonds. The van der Waals surface area contributed by atoms with Gasteiger partial charge in [-0.2, -0.15) is 0 Å². The van der Waals surface area contributed by atoms with Crippen molar-refractivity contribution in [3.05, 3.63) is 28.3 Å². The Hall–Kier alpha value is -1.88. The van der Waals surface area contributed by atoms with Crippen LogP contribution in [0.5, 0.6) is 0 Å². The third kappa shape index (κ3) is 3.37. The highest BCUT2D eigenvalue weighted by molar-refractivity contribution is 6.32. The molecule has 2 fully saturated rings. The third-order valence-electron chi connectivity index (χ3n) is 5.58. The number of hydrogen-bond donors (Lipinski definition) is 1. The first-order valence-electron chi connectivity index (χ1n) is 9.43. The Labute approximate surface area is 159 Å². The molecule has 3 rings (SSSR count). The van der Waals surface area contributed by atoms with Crippen LogP contribution in [0.1, 0.15) is 50.7 Å². The topological polar surface area (TPSA) is 66.5 Å². The average Bonchev–Trinajstić information content (AvgIpc) is 2.87. The lowest BCUT2D eigenvalue weighted by Gasteiger charge is -2.19. The summed E-state index contributed by atoms with van der Waals surface area (Å²) < 4.78 is 0. The molecule has 0 bridgehead atoms. The van der Waals surface area contributed by atoms with Gasteiger partial charge in [0.15, 0.2) is 0 Å². The zero-order chi connectivity index (χ0) is 18.8. The number of anilines is 1. The van der Waals surface area contributed by atoms with Crippen LogP contribution < -0.4 is 5.32 Å². The van der Waals surface area contributed by atoms with Crippen LogP contribution in [0.25, 0.3) is 0 Å². The summed E-state index contributed by atoms with van der Waals surface area (Å²) in [7, 11) is 0. The van der Waals surface area contributed by atoms with E-state index in [9.17, 15) is 14.4 Å². The molecule has 1 saturated heterocycles. The molecule has 140 valence electrons. The molecule has 26 heavy (non-hydrogen) atoms. The van der Waals surface area contributed by atoms with Gasteiger partial charge in [-0.1, -0.05) is 44.4 Å². The van der Waals surface area contributed by atoms with Gasteiger partial charge in [-0.15, -0.1) is 0 Å². The highest BCUT2D eigenvalue weighted by Crippen LogP contribution is 2.38. The molecule has 1 N–H and O–H groups in total. The number of nitrogens with one attached hydrogen (secondary N) is 1. The van der Waals surface area contributed by atoms with E-state index in [2.05, 4.69) is 5.32 Å². The number of carbonyl (C=O) groups excluding carboxylic acids is 3. The minimum atomic E-state index is -0.350. The van der Waals surface area contributed by atoms with Gasteiger partial charge in [-0.05, 0) is 42.9 Å². The Bertz CT molecular complexity index is 723. The van der Waals surface area contributed by atoms with E-state index in [4.69, 9.17) is 11.6 Å². The fourth-order valence-electron chi connectivity index (χ4n) is 4.18. The van der Waals surface area contributed by atoms with Crippen molar-refractivity contribution in [1.82, 2.24) is 4.90 Å². The van der Waals surface area contributed by atoms with Crippen molar-refractivity contribution in [2.24, 2.45) is 11.8 Å². The van der Waals surface area contributed by atoms with Gasteiger partial charge in [0.25, 0.3) is 0 Å². The predicted molar refractivity (Wildman–Crippen MR) is 101 cm³/mol. The predicted octanol–water partition coefficient (Wildman–Crippen LogP) is 3.58. The molecule has 0 aromatic heterocycles. The van der Waals surface area contributed by atoms with Gasteiger partial charge in [0.2, 0.25) is 17.7 Å². The fourth-order valence-corrected chi connectivity index (χ4v) is 4.47. The maximum absolute atomic E-state index is 12.6. The molecule has 1 aromatic carbocycles. The first-order chi connectivity index (χ1) is 12.5. The lowest BCUT2D eigenvalue weighted by atomic mass is 9.81. The van der Waals surface area contributed by atoms with Gasteiger partial charge >= 0.3 is 0 Å². The highest BCUT2D eigenvalue weighted by atomic mass is 35.5. The van der Waals surface area contributed by atoms with Crippen LogP contribution in [-0.4, -0.2) is 29.2 Å². The zero-order valence-electron chi connectivity index (χ0n) is 15.3. The summed E-state index contributed by atoms with van der Waals surface area (Å²) in [4.78, 5) is 38.8. The Balaban J connectivity index is 1.77. The van der Waals surface area contributed by atoms with E-state index < -0.39 is 0 Å². The molecule has 2 aliphatic rings. The monoisotopic (exact) mass is 376 g/mol. The van der Waals surface area contributed by atoms with E-state index in [-0.39, 0.29) is 36.1 Å². The Morgan fingerprint density at radius 2 is 1.73 bits per heavy atom. The Kier molecular flexibility index (Phi) is 5.66. The molecule has 6 heteroatoms. The number of benzene rings is 1. The van der Waals surface area contributed by atoms with E-state index in [1.54, 1.807) is 0 Å². The summed E-state index contributed by atoms with van der Waals surface area (Å²) in [5.41, 5.74) is 2.59. The molecule has 0 spiro atoms. The number of hydrogen-bond acceptors (Lipinski definition) is 3. The fraction of sp³-hybridized carbons (Fsp3) is 0.550. The summed E-state index contributed by atoms with van der Waals surface area (Å²) in [6.45, 7) is 3.77. The van der Waals surface area contributed by atoms with Gasteiger partial charge < -0.3 is 5.32 Å². The van der Waals surface area contributed by atoms with Gasteiger partial charge in [-0.25, -0.2) is 0 Å². The lowest BCUT2D eigenvalue weighted by molar-refractivity contribution is -0.142. The van der Waals surface area contributed by atoms with E-state index in [0.29, 0.717) is 17.1 Å². The highest BCUT2D eigenvalue weighted by Gasteiger charge is 2.48. The number of nitrogens with zero attached hydrogens (tertiary/aromatic N) is 1. The number of rotatable bonds is 5. The second-order valence-corrected chi connectivity index (χ2v) is 7.48. The Morgan fingerprint density at radius 1 is 1.12 bits per heavy atom. The van der Waals surface area contributed by atoms with Crippen molar-refractivity contribution in [3.63, 3.8) is 0 Å². The normalized spacial score (nSPS) is 22.5. The second-order valence-electron chi connectivity index (χ2n) is 7.08. The van der Waals surface area contributed by atoms with Crippen LogP contribution in [0.4, 0.5) is 5.69 Å². The molecular weight excluding hydrogens is 352 g/mol. The molecule has 2 atom stereocenters. The van der Waals surface area contributed by atoms with Gasteiger partial charge in [0, 0.05) is 10.7 Å². The van der Waals surface area contributed by atoms with Crippen molar-refractivity contribution in [1.29, 1.82) is 0 Å². The minimum absolute atomic E-state index is 0.188. The standard InChI is InChI=1S/C20H25ClN2O3/c1-3-12-9-10-16(21)13(4-2)18(12)22-17(24)11-23-19(25)14-7-5-6-8-15(14)20(23)26/h9-10,14-15H,3-8,11H2,1-2H3,(H,22,24)/t14-,15-/m0/s1. The molecule has 1 heterocycles. The minimum Gasteiger partial charge on any atom is -0.324 e. The van der Waals surface area contributed by atoms with E-state index in [1.807, 2.05) is 26.0 Å². The van der Waals surface area contributed by atoms with Crippen LogP contribution in [-0.2, 0) is 27.2 Å². The summed E-state index contributed by atoms with van der Waals surface area (Å²) in [5, 5.41) is 3.51. The van der Waals surface area contributed by atoms with Crippen LogP contribution >= 0.6 is 11.6 Å². The van der Waals surface area contributed by atoms with Gasteiger partial charge in [0.05, 0.1) is 11.8 Å². The Morgan fingerprint density at radius 3 is 2.27 bits per heavy atom.